The van der Waals surface area contributed by atoms with Gasteiger partial charge in [0, 0.05) is 44.5 Å². The number of aliphatic imine (C=N–C) groups is 1. The smallest absolute Gasteiger partial charge is 0.124 e. The van der Waals surface area contributed by atoms with Crippen molar-refractivity contribution < 1.29 is 5.11 Å². The highest BCUT2D eigenvalue weighted by Crippen LogP contribution is 2.29. The van der Waals surface area contributed by atoms with Crippen LogP contribution in [0.3, 0.4) is 0 Å². The van der Waals surface area contributed by atoms with Gasteiger partial charge in [0.15, 0.2) is 0 Å². The second kappa shape index (κ2) is 4.55. The SMILES string of the molecule is Oc1ccccc1C=NC12CN3CCN(CN(C3)C1)C2. The number of benzene rings is 1. The Morgan fingerprint density at radius 3 is 2.35 bits per heavy atom. The lowest BCUT2D eigenvalue weighted by Crippen LogP contribution is -2.65. The largest absolute Gasteiger partial charge is 0.507 e. The molecular weight excluding hydrogens is 252 g/mol. The van der Waals surface area contributed by atoms with E-state index in [2.05, 4.69) is 14.7 Å². The van der Waals surface area contributed by atoms with Crippen LogP contribution in [0.1, 0.15) is 5.56 Å². The van der Waals surface area contributed by atoms with Gasteiger partial charge in [-0.05, 0) is 12.1 Å². The average molecular weight is 272 g/mol. The number of nitrogens with zero attached hydrogens (tertiary/aromatic N) is 4. The van der Waals surface area contributed by atoms with E-state index in [1.807, 2.05) is 24.4 Å². The summed E-state index contributed by atoms with van der Waals surface area (Å²) in [5.74, 6) is 0.305. The maximum atomic E-state index is 9.86. The normalized spacial score (nSPS) is 39.3. The average Bonchev–Trinajstić information content (AvgIpc) is 2.64. The van der Waals surface area contributed by atoms with Crippen molar-refractivity contribution in [3.63, 3.8) is 0 Å². The predicted molar refractivity (Wildman–Crippen MR) is 78.0 cm³/mol. The van der Waals surface area contributed by atoms with Crippen molar-refractivity contribution in [1.29, 1.82) is 0 Å². The first kappa shape index (κ1) is 12.3. The first-order chi connectivity index (χ1) is 9.72. The quantitative estimate of drug-likeness (QED) is 0.792. The standard InChI is InChI=1S/C15H20N4O/c20-14-4-2-1-3-13(14)7-16-15-8-17-5-6-18(9-15)12-19(10-15)11-17/h1-4,7,20H,5-6,8-12H2. The number of aromatic hydroxyl groups is 1. The number of hydrogen-bond donors (Lipinski definition) is 1. The molecule has 20 heavy (non-hydrogen) atoms. The number of rotatable bonds is 2. The van der Waals surface area contributed by atoms with Gasteiger partial charge in [0.2, 0.25) is 0 Å². The van der Waals surface area contributed by atoms with E-state index in [0.717, 1.165) is 51.6 Å². The van der Waals surface area contributed by atoms with Crippen molar-refractivity contribution in [1.82, 2.24) is 14.7 Å². The maximum Gasteiger partial charge on any atom is 0.124 e. The van der Waals surface area contributed by atoms with E-state index in [1.54, 1.807) is 6.07 Å². The van der Waals surface area contributed by atoms with Gasteiger partial charge in [-0.25, -0.2) is 0 Å². The summed E-state index contributed by atoms with van der Waals surface area (Å²) in [4.78, 5) is 12.4. The highest BCUT2D eigenvalue weighted by molar-refractivity contribution is 5.83. The van der Waals surface area contributed by atoms with Crippen LogP contribution in [0.25, 0.3) is 0 Å². The van der Waals surface area contributed by atoms with E-state index < -0.39 is 0 Å². The number of phenolic OH excluding ortho intramolecular Hbond substituents is 1. The van der Waals surface area contributed by atoms with Crippen molar-refractivity contribution in [2.75, 3.05) is 46.1 Å². The van der Waals surface area contributed by atoms with Crippen LogP contribution in [0.15, 0.2) is 29.3 Å². The van der Waals surface area contributed by atoms with Crippen molar-refractivity contribution in [2.45, 2.75) is 5.54 Å². The number of para-hydroxylation sites is 1. The van der Waals surface area contributed by atoms with Crippen LogP contribution in [0.4, 0.5) is 0 Å². The third kappa shape index (κ3) is 2.12. The summed E-state index contributed by atoms with van der Waals surface area (Å²) < 4.78 is 0. The molecule has 4 aliphatic rings. The monoisotopic (exact) mass is 272 g/mol. The molecule has 0 amide bonds. The van der Waals surface area contributed by atoms with Gasteiger partial charge in [-0.3, -0.25) is 19.7 Å². The Labute approximate surface area is 119 Å². The van der Waals surface area contributed by atoms with E-state index >= 15 is 0 Å². The van der Waals surface area contributed by atoms with Gasteiger partial charge in [-0.1, -0.05) is 12.1 Å². The van der Waals surface area contributed by atoms with Gasteiger partial charge in [-0.15, -0.1) is 0 Å². The molecule has 0 spiro atoms. The molecule has 5 heteroatoms. The third-order valence-electron chi connectivity index (χ3n) is 4.50. The van der Waals surface area contributed by atoms with E-state index in [4.69, 9.17) is 4.99 Å². The zero-order valence-electron chi connectivity index (χ0n) is 11.6. The summed E-state index contributed by atoms with van der Waals surface area (Å²) in [6.45, 7) is 7.53. The van der Waals surface area contributed by atoms with Gasteiger partial charge >= 0.3 is 0 Å². The molecule has 4 bridgehead atoms. The summed E-state index contributed by atoms with van der Waals surface area (Å²) >= 11 is 0. The minimum absolute atomic E-state index is 0.0325. The third-order valence-corrected chi connectivity index (χ3v) is 4.50. The van der Waals surface area contributed by atoms with Gasteiger partial charge in [0.1, 0.15) is 5.75 Å². The molecule has 2 unspecified atom stereocenters. The van der Waals surface area contributed by atoms with Crippen molar-refractivity contribution in [3.05, 3.63) is 29.8 Å². The fourth-order valence-corrected chi connectivity index (χ4v) is 3.72. The Kier molecular flexibility index (Phi) is 2.80. The Bertz CT molecular complexity index is 528. The van der Waals surface area contributed by atoms with E-state index in [0.29, 0.717) is 5.75 Å². The molecule has 4 heterocycles. The highest BCUT2D eigenvalue weighted by Gasteiger charge is 2.45. The summed E-state index contributed by atoms with van der Waals surface area (Å²) in [7, 11) is 0. The van der Waals surface area contributed by atoms with E-state index in [-0.39, 0.29) is 5.54 Å². The lowest BCUT2D eigenvalue weighted by Gasteiger charge is -2.49. The van der Waals surface area contributed by atoms with Gasteiger partial charge in [-0.2, -0.15) is 0 Å². The molecule has 0 aromatic heterocycles. The maximum absolute atomic E-state index is 9.86. The molecule has 4 fully saturated rings. The van der Waals surface area contributed by atoms with E-state index in [1.165, 1.54) is 0 Å². The van der Waals surface area contributed by atoms with Crippen LogP contribution in [-0.2, 0) is 0 Å². The molecule has 1 aromatic carbocycles. The minimum atomic E-state index is -0.0325. The topological polar surface area (TPSA) is 42.3 Å². The van der Waals surface area contributed by atoms with Gasteiger partial charge in [0.05, 0.1) is 18.9 Å². The van der Waals surface area contributed by atoms with Crippen molar-refractivity contribution in [3.8, 4) is 5.75 Å². The van der Waals surface area contributed by atoms with Crippen LogP contribution in [0, 0.1) is 0 Å². The molecule has 1 N–H and O–H groups in total. The molecule has 106 valence electrons. The Morgan fingerprint density at radius 2 is 1.65 bits per heavy atom. The molecule has 4 saturated heterocycles. The molecule has 5 rings (SSSR count). The van der Waals surface area contributed by atoms with Crippen LogP contribution in [0.5, 0.6) is 5.75 Å². The number of phenols is 1. The molecule has 4 aliphatic heterocycles. The van der Waals surface area contributed by atoms with Crippen molar-refractivity contribution in [2.24, 2.45) is 4.99 Å². The summed E-state index contributed by atoms with van der Waals surface area (Å²) in [6, 6.07) is 7.40. The van der Waals surface area contributed by atoms with Gasteiger partial charge < -0.3 is 5.11 Å². The fraction of sp³-hybridized carbons (Fsp3) is 0.533. The Morgan fingerprint density at radius 1 is 1.00 bits per heavy atom. The van der Waals surface area contributed by atoms with Crippen LogP contribution in [0.2, 0.25) is 0 Å². The zero-order valence-corrected chi connectivity index (χ0v) is 11.6. The van der Waals surface area contributed by atoms with Crippen LogP contribution >= 0.6 is 0 Å². The van der Waals surface area contributed by atoms with Crippen molar-refractivity contribution >= 4 is 6.21 Å². The molecule has 0 saturated carbocycles. The number of hydrogen-bond acceptors (Lipinski definition) is 5. The molecule has 0 aliphatic carbocycles. The Hall–Kier alpha value is -1.43. The Balaban J connectivity index is 1.63. The van der Waals surface area contributed by atoms with Gasteiger partial charge in [0.25, 0.3) is 0 Å². The predicted octanol–water partition coefficient (Wildman–Crippen LogP) is 0.412. The zero-order chi connectivity index (χ0) is 13.6. The first-order valence-electron chi connectivity index (χ1n) is 7.23. The summed E-state index contributed by atoms with van der Waals surface area (Å²) in [5.41, 5.74) is 0.775. The molecular formula is C15H20N4O. The summed E-state index contributed by atoms with van der Waals surface area (Å²) in [5, 5.41) is 9.86. The van der Waals surface area contributed by atoms with E-state index in [9.17, 15) is 5.11 Å². The molecule has 5 nitrogen and oxygen atoms in total. The number of fused-ring (bicyclic) bond motifs is 1. The minimum Gasteiger partial charge on any atom is -0.507 e. The highest BCUT2D eigenvalue weighted by atomic mass is 16.3. The van der Waals surface area contributed by atoms with Crippen LogP contribution < -0.4 is 0 Å². The second-order valence-corrected chi connectivity index (χ2v) is 6.26. The summed E-state index contributed by atoms with van der Waals surface area (Å²) in [6.07, 6.45) is 1.85. The lowest BCUT2D eigenvalue weighted by atomic mass is 9.94. The first-order valence-corrected chi connectivity index (χ1v) is 7.23. The second-order valence-electron chi connectivity index (χ2n) is 6.26. The molecule has 2 atom stereocenters. The fourth-order valence-electron chi connectivity index (χ4n) is 3.72. The molecule has 0 radical (unpaired) electrons. The lowest BCUT2D eigenvalue weighted by molar-refractivity contribution is -0.0141. The molecule has 1 aromatic rings. The van der Waals surface area contributed by atoms with Crippen LogP contribution in [-0.4, -0.2) is 77.6 Å².